The van der Waals surface area contributed by atoms with Gasteiger partial charge in [-0.15, -0.1) is 0 Å². The molecular weight excluding hydrogens is 204 g/mol. The average Bonchev–Trinajstić information content (AvgIpc) is 2.16. The minimum absolute atomic E-state index is 0.00847. The lowest BCUT2D eigenvalue weighted by Crippen LogP contribution is -2.37. The van der Waals surface area contributed by atoms with Gasteiger partial charge in [0.15, 0.2) is 0 Å². The number of ether oxygens (including phenoxy) is 1. The molecule has 0 heterocycles. The molecule has 1 saturated carbocycles. The van der Waals surface area contributed by atoms with Crippen LogP contribution in [0.4, 0.5) is 0 Å². The van der Waals surface area contributed by atoms with Crippen LogP contribution in [-0.2, 0) is 9.53 Å². The van der Waals surface area contributed by atoms with Gasteiger partial charge in [-0.25, -0.2) is 4.79 Å². The molecule has 0 radical (unpaired) electrons. The molecule has 16 heavy (non-hydrogen) atoms. The SMILES string of the molecule is CC1CCC(C(C)C)[C@@H](OC(=O)C(C)O)C1. The molecule has 0 amide bonds. The van der Waals surface area contributed by atoms with Crippen molar-refractivity contribution >= 4 is 5.97 Å². The molecule has 0 spiro atoms. The molecule has 0 aromatic rings. The van der Waals surface area contributed by atoms with E-state index in [1.165, 1.54) is 13.3 Å². The van der Waals surface area contributed by atoms with Gasteiger partial charge in [0.25, 0.3) is 0 Å². The van der Waals surface area contributed by atoms with E-state index >= 15 is 0 Å². The van der Waals surface area contributed by atoms with Gasteiger partial charge in [0, 0.05) is 0 Å². The van der Waals surface area contributed by atoms with Gasteiger partial charge in [0.1, 0.15) is 12.2 Å². The Morgan fingerprint density at radius 3 is 2.44 bits per heavy atom. The first-order valence-corrected chi connectivity index (χ1v) is 6.30. The number of esters is 1. The lowest BCUT2D eigenvalue weighted by atomic mass is 9.75. The predicted octanol–water partition coefficient (Wildman–Crippen LogP) is 2.37. The highest BCUT2D eigenvalue weighted by Crippen LogP contribution is 2.35. The van der Waals surface area contributed by atoms with Crippen LogP contribution in [0.2, 0.25) is 0 Å². The van der Waals surface area contributed by atoms with E-state index in [1.54, 1.807) is 0 Å². The summed E-state index contributed by atoms with van der Waals surface area (Å²) in [7, 11) is 0. The fraction of sp³-hybridized carbons (Fsp3) is 0.923. The second-order valence-electron chi connectivity index (χ2n) is 5.48. The molecule has 0 aromatic carbocycles. The van der Waals surface area contributed by atoms with Gasteiger partial charge in [-0.3, -0.25) is 0 Å². The molecule has 94 valence electrons. The monoisotopic (exact) mass is 228 g/mol. The summed E-state index contributed by atoms with van der Waals surface area (Å²) in [6, 6.07) is 0. The Balaban J connectivity index is 2.61. The second-order valence-corrected chi connectivity index (χ2v) is 5.48. The maximum absolute atomic E-state index is 11.4. The first-order chi connectivity index (χ1) is 7.41. The van der Waals surface area contributed by atoms with Gasteiger partial charge in [-0.1, -0.05) is 27.2 Å². The fourth-order valence-corrected chi connectivity index (χ4v) is 2.50. The summed E-state index contributed by atoms with van der Waals surface area (Å²) in [5, 5.41) is 9.17. The smallest absolute Gasteiger partial charge is 0.334 e. The van der Waals surface area contributed by atoms with Crippen LogP contribution < -0.4 is 0 Å². The highest BCUT2D eigenvalue weighted by atomic mass is 16.6. The van der Waals surface area contributed by atoms with E-state index in [4.69, 9.17) is 9.84 Å². The number of carbonyl (C=O) groups is 1. The Morgan fingerprint density at radius 1 is 1.31 bits per heavy atom. The molecule has 1 rings (SSSR count). The van der Waals surface area contributed by atoms with Crippen LogP contribution in [0.1, 0.15) is 47.0 Å². The molecule has 0 aromatic heterocycles. The summed E-state index contributed by atoms with van der Waals surface area (Å²) in [5.41, 5.74) is 0. The van der Waals surface area contributed by atoms with Crippen LogP contribution in [0.3, 0.4) is 0 Å². The normalized spacial score (nSPS) is 32.5. The van der Waals surface area contributed by atoms with Crippen molar-refractivity contribution in [2.45, 2.75) is 59.2 Å². The van der Waals surface area contributed by atoms with Crippen molar-refractivity contribution in [3.8, 4) is 0 Å². The van der Waals surface area contributed by atoms with Crippen LogP contribution in [0, 0.1) is 17.8 Å². The van der Waals surface area contributed by atoms with Crippen molar-refractivity contribution in [3.05, 3.63) is 0 Å². The van der Waals surface area contributed by atoms with E-state index in [2.05, 4.69) is 20.8 Å². The average molecular weight is 228 g/mol. The van der Waals surface area contributed by atoms with Crippen LogP contribution in [0.15, 0.2) is 0 Å². The molecular formula is C13H24O3. The van der Waals surface area contributed by atoms with Crippen molar-refractivity contribution in [3.63, 3.8) is 0 Å². The number of hydrogen-bond donors (Lipinski definition) is 1. The zero-order valence-corrected chi connectivity index (χ0v) is 10.8. The second kappa shape index (κ2) is 5.67. The summed E-state index contributed by atoms with van der Waals surface area (Å²) < 4.78 is 5.41. The molecule has 1 fully saturated rings. The van der Waals surface area contributed by atoms with Gasteiger partial charge in [-0.05, 0) is 37.5 Å². The van der Waals surface area contributed by atoms with Crippen LogP contribution in [-0.4, -0.2) is 23.3 Å². The molecule has 3 heteroatoms. The van der Waals surface area contributed by atoms with Gasteiger partial charge in [-0.2, -0.15) is 0 Å². The minimum Gasteiger partial charge on any atom is -0.460 e. The highest BCUT2D eigenvalue weighted by Gasteiger charge is 2.33. The predicted molar refractivity (Wildman–Crippen MR) is 62.9 cm³/mol. The Bertz CT molecular complexity index is 235. The largest absolute Gasteiger partial charge is 0.460 e. The Morgan fingerprint density at radius 2 is 1.94 bits per heavy atom. The topological polar surface area (TPSA) is 46.5 Å². The molecule has 0 aliphatic heterocycles. The molecule has 0 bridgehead atoms. The molecule has 1 N–H and O–H groups in total. The molecule has 0 saturated heterocycles. The van der Waals surface area contributed by atoms with E-state index in [0.29, 0.717) is 17.8 Å². The third kappa shape index (κ3) is 3.48. The zero-order chi connectivity index (χ0) is 12.3. The summed E-state index contributed by atoms with van der Waals surface area (Å²) in [4.78, 5) is 11.4. The van der Waals surface area contributed by atoms with E-state index in [1.807, 2.05) is 0 Å². The standard InChI is InChI=1S/C13H24O3/c1-8(2)11-6-5-9(3)7-12(11)16-13(15)10(4)14/h8-12,14H,5-7H2,1-4H3/t9?,10?,11?,12-/m0/s1. The third-order valence-corrected chi connectivity index (χ3v) is 3.57. The summed E-state index contributed by atoms with van der Waals surface area (Å²) >= 11 is 0. The van der Waals surface area contributed by atoms with Crippen LogP contribution in [0.25, 0.3) is 0 Å². The highest BCUT2D eigenvalue weighted by molar-refractivity contribution is 5.74. The van der Waals surface area contributed by atoms with Gasteiger partial charge < -0.3 is 9.84 Å². The number of hydrogen-bond acceptors (Lipinski definition) is 3. The van der Waals surface area contributed by atoms with Crippen molar-refractivity contribution in [2.75, 3.05) is 0 Å². The van der Waals surface area contributed by atoms with Crippen molar-refractivity contribution in [1.29, 1.82) is 0 Å². The number of aliphatic hydroxyl groups excluding tert-OH is 1. The molecule has 3 unspecified atom stereocenters. The Labute approximate surface area is 98.2 Å². The van der Waals surface area contributed by atoms with Crippen LogP contribution >= 0.6 is 0 Å². The number of aliphatic hydroxyl groups is 1. The van der Waals surface area contributed by atoms with Crippen LogP contribution in [0.5, 0.6) is 0 Å². The lowest BCUT2D eigenvalue weighted by Gasteiger charge is -2.36. The van der Waals surface area contributed by atoms with E-state index < -0.39 is 12.1 Å². The number of carbonyl (C=O) groups excluding carboxylic acids is 1. The number of rotatable bonds is 3. The van der Waals surface area contributed by atoms with Crippen molar-refractivity contribution in [1.82, 2.24) is 0 Å². The third-order valence-electron chi connectivity index (χ3n) is 3.57. The van der Waals surface area contributed by atoms with E-state index in [-0.39, 0.29) is 6.10 Å². The molecule has 1 aliphatic carbocycles. The minimum atomic E-state index is -1.01. The summed E-state index contributed by atoms with van der Waals surface area (Å²) in [6.45, 7) is 7.99. The molecule has 4 atom stereocenters. The first kappa shape index (κ1) is 13.5. The lowest BCUT2D eigenvalue weighted by molar-refractivity contribution is -0.164. The summed E-state index contributed by atoms with van der Waals surface area (Å²) in [6.07, 6.45) is 2.25. The van der Waals surface area contributed by atoms with Gasteiger partial charge in [0.2, 0.25) is 0 Å². The quantitative estimate of drug-likeness (QED) is 0.754. The Hall–Kier alpha value is -0.570. The van der Waals surface area contributed by atoms with Gasteiger partial charge in [0.05, 0.1) is 0 Å². The van der Waals surface area contributed by atoms with E-state index in [9.17, 15) is 4.79 Å². The maximum atomic E-state index is 11.4. The van der Waals surface area contributed by atoms with Crippen molar-refractivity contribution in [2.24, 2.45) is 17.8 Å². The van der Waals surface area contributed by atoms with Gasteiger partial charge >= 0.3 is 5.97 Å². The maximum Gasteiger partial charge on any atom is 0.334 e. The summed E-state index contributed by atoms with van der Waals surface area (Å²) in [5.74, 6) is 1.10. The fourth-order valence-electron chi connectivity index (χ4n) is 2.50. The first-order valence-electron chi connectivity index (χ1n) is 6.30. The molecule has 3 nitrogen and oxygen atoms in total. The van der Waals surface area contributed by atoms with E-state index in [0.717, 1.165) is 12.8 Å². The molecule has 1 aliphatic rings. The van der Waals surface area contributed by atoms with Crippen molar-refractivity contribution < 1.29 is 14.6 Å². The zero-order valence-electron chi connectivity index (χ0n) is 10.8. The Kier molecular flexibility index (Phi) is 4.78.